The zero-order chi connectivity index (χ0) is 19.4. The molecule has 0 atom stereocenters. The van der Waals surface area contributed by atoms with Crippen LogP contribution in [0.4, 0.5) is 11.6 Å². The van der Waals surface area contributed by atoms with Crippen molar-refractivity contribution in [2.45, 2.75) is 13.8 Å². The van der Waals surface area contributed by atoms with Gasteiger partial charge in [-0.1, -0.05) is 11.6 Å². The zero-order valence-corrected chi connectivity index (χ0v) is 15.4. The minimum absolute atomic E-state index is 0.222. The first-order valence-electron chi connectivity index (χ1n) is 7.99. The molecule has 3 aromatic rings. The molecule has 0 bridgehead atoms. The monoisotopic (exact) mass is 375 g/mol. The Balaban J connectivity index is 1.88. The zero-order valence-electron chi connectivity index (χ0n) is 14.6. The summed E-state index contributed by atoms with van der Waals surface area (Å²) in [6.45, 7) is 3.73. The highest BCUT2D eigenvalue weighted by molar-refractivity contribution is 6.29. The van der Waals surface area contributed by atoms with Crippen molar-refractivity contribution in [3.63, 3.8) is 0 Å². The molecule has 1 heterocycles. The van der Waals surface area contributed by atoms with Crippen LogP contribution >= 0.6 is 11.6 Å². The smallest absolute Gasteiger partial charge is 0.231 e. The van der Waals surface area contributed by atoms with Crippen molar-refractivity contribution in [2.75, 3.05) is 5.32 Å². The number of halogens is 1. The molecular weight excluding hydrogens is 362 g/mol. The number of hydrogen-bond donors (Lipinski definition) is 1. The largest absolute Gasteiger partial charge is 0.438 e. The van der Waals surface area contributed by atoms with E-state index in [1.54, 1.807) is 36.4 Å². The highest BCUT2D eigenvalue weighted by Gasteiger charge is 2.11. The van der Waals surface area contributed by atoms with Crippen molar-refractivity contribution in [1.82, 2.24) is 9.97 Å². The molecular formula is C20H14ClN5O. The van der Waals surface area contributed by atoms with Crippen LogP contribution in [0.15, 0.2) is 42.5 Å². The molecule has 0 aliphatic heterocycles. The Kier molecular flexibility index (Phi) is 5.21. The number of hydrogen-bond acceptors (Lipinski definition) is 6. The molecule has 3 rings (SSSR count). The summed E-state index contributed by atoms with van der Waals surface area (Å²) in [7, 11) is 0. The lowest BCUT2D eigenvalue weighted by atomic mass is 10.1. The molecule has 0 fully saturated rings. The van der Waals surface area contributed by atoms with Crippen molar-refractivity contribution in [3.8, 4) is 23.8 Å². The minimum Gasteiger partial charge on any atom is -0.438 e. The van der Waals surface area contributed by atoms with E-state index in [4.69, 9.17) is 26.9 Å². The number of aromatic nitrogens is 2. The van der Waals surface area contributed by atoms with Gasteiger partial charge in [-0.25, -0.2) is 4.98 Å². The maximum atomic E-state index is 9.06. The van der Waals surface area contributed by atoms with Gasteiger partial charge in [-0.2, -0.15) is 15.5 Å². The van der Waals surface area contributed by atoms with E-state index in [0.29, 0.717) is 22.6 Å². The Labute approximate surface area is 161 Å². The molecule has 7 heteroatoms. The molecule has 6 nitrogen and oxygen atoms in total. The first kappa shape index (κ1) is 18.2. The molecule has 0 spiro atoms. The Bertz CT molecular complexity index is 1060. The topological polar surface area (TPSA) is 94.6 Å². The average molecular weight is 376 g/mol. The normalized spacial score (nSPS) is 9.96. The Morgan fingerprint density at radius 2 is 1.56 bits per heavy atom. The quantitative estimate of drug-likeness (QED) is 0.643. The maximum Gasteiger partial charge on any atom is 0.231 e. The molecule has 0 aliphatic rings. The van der Waals surface area contributed by atoms with Crippen molar-refractivity contribution >= 4 is 23.2 Å². The lowest BCUT2D eigenvalue weighted by Gasteiger charge is -2.13. The predicted octanol–water partition coefficient (Wildman–Crippen LogP) is 5.03. The third kappa shape index (κ3) is 4.33. The van der Waals surface area contributed by atoms with Crippen LogP contribution in [0.1, 0.15) is 22.3 Å². The molecule has 0 saturated heterocycles. The van der Waals surface area contributed by atoms with E-state index in [1.807, 2.05) is 13.8 Å². The summed E-state index contributed by atoms with van der Waals surface area (Å²) >= 11 is 6.10. The third-order valence-corrected chi connectivity index (χ3v) is 3.93. The van der Waals surface area contributed by atoms with Gasteiger partial charge in [0, 0.05) is 11.8 Å². The second-order valence-corrected chi connectivity index (χ2v) is 6.21. The fourth-order valence-electron chi connectivity index (χ4n) is 2.54. The van der Waals surface area contributed by atoms with E-state index in [-0.39, 0.29) is 17.0 Å². The second kappa shape index (κ2) is 7.74. The molecule has 132 valence electrons. The summed E-state index contributed by atoms with van der Waals surface area (Å²) < 4.78 is 5.91. The molecule has 27 heavy (non-hydrogen) atoms. The molecule has 0 unspecified atom stereocenters. The summed E-state index contributed by atoms with van der Waals surface area (Å²) in [5, 5.41) is 21.2. The van der Waals surface area contributed by atoms with Crippen molar-refractivity contribution in [1.29, 1.82) is 10.5 Å². The molecule has 0 amide bonds. The van der Waals surface area contributed by atoms with Crippen LogP contribution in [0.2, 0.25) is 5.15 Å². The van der Waals surface area contributed by atoms with E-state index in [9.17, 15) is 0 Å². The van der Waals surface area contributed by atoms with E-state index >= 15 is 0 Å². The fourth-order valence-corrected chi connectivity index (χ4v) is 2.72. The number of nitrogens with zero attached hydrogens (tertiary/aromatic N) is 4. The number of anilines is 2. The van der Waals surface area contributed by atoms with Gasteiger partial charge in [0.2, 0.25) is 11.8 Å². The lowest BCUT2D eigenvalue weighted by Crippen LogP contribution is -2.00. The minimum atomic E-state index is 0.222. The van der Waals surface area contributed by atoms with Crippen molar-refractivity contribution in [2.24, 2.45) is 0 Å². The predicted molar refractivity (Wildman–Crippen MR) is 102 cm³/mol. The highest BCUT2D eigenvalue weighted by atomic mass is 35.5. The molecule has 0 radical (unpaired) electrons. The third-order valence-electron chi connectivity index (χ3n) is 3.74. The summed E-state index contributed by atoms with van der Waals surface area (Å²) in [4.78, 5) is 8.47. The van der Waals surface area contributed by atoms with E-state index in [1.165, 1.54) is 6.07 Å². The maximum absolute atomic E-state index is 9.06. The number of nitrogens with one attached hydrogen (secondary N) is 1. The van der Waals surface area contributed by atoms with Gasteiger partial charge in [-0.3, -0.25) is 0 Å². The van der Waals surface area contributed by atoms with Gasteiger partial charge in [0.15, 0.2) is 0 Å². The second-order valence-electron chi connectivity index (χ2n) is 5.82. The Hall–Kier alpha value is -3.61. The summed E-state index contributed by atoms with van der Waals surface area (Å²) in [6.07, 6.45) is 0. The van der Waals surface area contributed by atoms with Crippen LogP contribution in [0.5, 0.6) is 11.6 Å². The molecule has 1 aromatic heterocycles. The molecule has 0 aliphatic carbocycles. The van der Waals surface area contributed by atoms with Gasteiger partial charge in [0.25, 0.3) is 0 Å². The summed E-state index contributed by atoms with van der Waals surface area (Å²) in [6, 6.07) is 16.1. The summed E-state index contributed by atoms with van der Waals surface area (Å²) in [5.74, 6) is 1.17. The van der Waals surface area contributed by atoms with Gasteiger partial charge in [0.1, 0.15) is 10.9 Å². The van der Waals surface area contributed by atoms with Crippen LogP contribution < -0.4 is 10.1 Å². The fraction of sp³-hybridized carbons (Fsp3) is 0.100. The first-order valence-corrected chi connectivity index (χ1v) is 8.37. The number of benzene rings is 2. The standard InChI is InChI=1S/C20H14ClN5O/c1-12-7-15(11-23)8-13(2)19(12)27-18-9-17(21)25-20(26-18)24-16-5-3-14(10-22)4-6-16/h3-9H,1-2H3,(H,24,25,26). The number of rotatable bonds is 4. The van der Waals surface area contributed by atoms with E-state index in [0.717, 1.165) is 11.1 Å². The Morgan fingerprint density at radius 3 is 2.15 bits per heavy atom. The van der Waals surface area contributed by atoms with Crippen LogP contribution in [-0.2, 0) is 0 Å². The van der Waals surface area contributed by atoms with E-state index < -0.39 is 0 Å². The van der Waals surface area contributed by atoms with Crippen molar-refractivity contribution in [3.05, 3.63) is 69.9 Å². The SMILES string of the molecule is Cc1cc(C#N)cc(C)c1Oc1cc(Cl)nc(Nc2ccc(C#N)cc2)n1. The number of aryl methyl sites for hydroxylation is 2. The first-order chi connectivity index (χ1) is 13.0. The van der Waals surface area contributed by atoms with Gasteiger partial charge in [-0.05, 0) is 61.4 Å². The van der Waals surface area contributed by atoms with E-state index in [2.05, 4.69) is 27.4 Å². The number of nitriles is 2. The molecule has 2 aromatic carbocycles. The Morgan fingerprint density at radius 1 is 0.926 bits per heavy atom. The van der Waals surface area contributed by atoms with Crippen LogP contribution in [-0.4, -0.2) is 9.97 Å². The van der Waals surface area contributed by atoms with Crippen molar-refractivity contribution < 1.29 is 4.74 Å². The van der Waals surface area contributed by atoms with Crippen LogP contribution in [0, 0.1) is 36.5 Å². The van der Waals surface area contributed by atoms with Crippen LogP contribution in [0.3, 0.4) is 0 Å². The van der Waals surface area contributed by atoms with Gasteiger partial charge >= 0.3 is 0 Å². The lowest BCUT2D eigenvalue weighted by molar-refractivity contribution is 0.455. The van der Waals surface area contributed by atoms with Gasteiger partial charge in [-0.15, -0.1) is 0 Å². The van der Waals surface area contributed by atoms with Gasteiger partial charge in [0.05, 0.1) is 23.3 Å². The average Bonchev–Trinajstić information content (AvgIpc) is 2.64. The molecule has 1 N–H and O–H groups in total. The number of ether oxygens (including phenoxy) is 1. The van der Waals surface area contributed by atoms with Gasteiger partial charge < -0.3 is 10.1 Å². The van der Waals surface area contributed by atoms with Crippen LogP contribution in [0.25, 0.3) is 0 Å². The summed E-state index contributed by atoms with van der Waals surface area (Å²) in [5.41, 5.74) is 3.49. The highest BCUT2D eigenvalue weighted by Crippen LogP contribution is 2.30. The molecule has 0 saturated carbocycles.